The summed E-state index contributed by atoms with van der Waals surface area (Å²) in [6.07, 6.45) is 2.89. The predicted octanol–water partition coefficient (Wildman–Crippen LogP) is 2.55. The lowest BCUT2D eigenvalue weighted by Crippen LogP contribution is -2.43. The Kier molecular flexibility index (Phi) is 8.23. The molecule has 0 heterocycles. The molecule has 0 aromatic carbocycles. The lowest BCUT2D eigenvalue weighted by atomic mass is 9.85. The first-order chi connectivity index (χ1) is 7.90. The average molecular weight is 242 g/mol. The van der Waals surface area contributed by atoms with Crippen molar-refractivity contribution in [3.8, 4) is 0 Å². The summed E-state index contributed by atoms with van der Waals surface area (Å²) in [6.45, 7) is 11.7. The van der Waals surface area contributed by atoms with Gasteiger partial charge in [0.05, 0.1) is 6.04 Å². The molecule has 0 rings (SSSR count). The number of amides is 1. The van der Waals surface area contributed by atoms with Gasteiger partial charge in [0.1, 0.15) is 0 Å². The van der Waals surface area contributed by atoms with Crippen molar-refractivity contribution in [2.75, 3.05) is 6.54 Å². The SMILES string of the molecule is CCCC[C@H](N)C(=O)NCC(C(C)C)C(C)C. The molecule has 0 bridgehead atoms. The molecule has 17 heavy (non-hydrogen) atoms. The van der Waals surface area contributed by atoms with Gasteiger partial charge in [-0.3, -0.25) is 4.79 Å². The Balaban J connectivity index is 4.03. The van der Waals surface area contributed by atoms with Gasteiger partial charge in [-0.1, -0.05) is 47.5 Å². The normalized spacial score (nSPS) is 13.5. The molecule has 102 valence electrons. The van der Waals surface area contributed by atoms with Crippen LogP contribution in [0.25, 0.3) is 0 Å². The topological polar surface area (TPSA) is 55.1 Å². The van der Waals surface area contributed by atoms with Gasteiger partial charge in [-0.05, 0) is 24.2 Å². The smallest absolute Gasteiger partial charge is 0.236 e. The van der Waals surface area contributed by atoms with Crippen LogP contribution in [0.4, 0.5) is 0 Å². The second kappa shape index (κ2) is 8.51. The lowest BCUT2D eigenvalue weighted by molar-refractivity contribution is -0.122. The van der Waals surface area contributed by atoms with Gasteiger partial charge >= 0.3 is 0 Å². The van der Waals surface area contributed by atoms with Gasteiger partial charge in [-0.15, -0.1) is 0 Å². The van der Waals surface area contributed by atoms with E-state index in [4.69, 9.17) is 5.73 Å². The number of hydrogen-bond acceptors (Lipinski definition) is 2. The molecule has 0 saturated carbocycles. The van der Waals surface area contributed by atoms with Gasteiger partial charge in [0.2, 0.25) is 5.91 Å². The van der Waals surface area contributed by atoms with Crippen LogP contribution in [-0.4, -0.2) is 18.5 Å². The van der Waals surface area contributed by atoms with E-state index in [0.29, 0.717) is 17.8 Å². The first-order valence-electron chi connectivity index (χ1n) is 6.93. The molecule has 3 nitrogen and oxygen atoms in total. The number of nitrogens with two attached hydrogens (primary N) is 1. The highest BCUT2D eigenvalue weighted by molar-refractivity contribution is 5.81. The Morgan fingerprint density at radius 1 is 1.18 bits per heavy atom. The summed E-state index contributed by atoms with van der Waals surface area (Å²) in [5, 5.41) is 2.99. The summed E-state index contributed by atoms with van der Waals surface area (Å²) in [5.41, 5.74) is 5.83. The standard InChI is InChI=1S/C14H30N2O/c1-6-7-8-13(15)14(17)16-9-12(10(2)3)11(4)5/h10-13H,6-9,15H2,1-5H3,(H,16,17)/t13-/m0/s1. The van der Waals surface area contributed by atoms with E-state index >= 15 is 0 Å². The van der Waals surface area contributed by atoms with Crippen LogP contribution in [-0.2, 0) is 4.79 Å². The molecule has 0 unspecified atom stereocenters. The van der Waals surface area contributed by atoms with Crippen LogP contribution in [0.5, 0.6) is 0 Å². The zero-order valence-electron chi connectivity index (χ0n) is 12.1. The van der Waals surface area contributed by atoms with Crippen LogP contribution in [0, 0.1) is 17.8 Å². The summed E-state index contributed by atoms with van der Waals surface area (Å²) < 4.78 is 0. The minimum absolute atomic E-state index is 0.00440. The Labute approximate surface area is 107 Å². The third kappa shape index (κ3) is 6.67. The molecular weight excluding hydrogens is 212 g/mol. The van der Waals surface area contributed by atoms with E-state index in [-0.39, 0.29) is 11.9 Å². The highest BCUT2D eigenvalue weighted by Crippen LogP contribution is 2.19. The van der Waals surface area contributed by atoms with Crippen molar-refractivity contribution in [1.29, 1.82) is 0 Å². The maximum absolute atomic E-state index is 11.8. The van der Waals surface area contributed by atoms with E-state index in [0.717, 1.165) is 25.8 Å². The number of carbonyl (C=O) groups is 1. The van der Waals surface area contributed by atoms with Gasteiger partial charge < -0.3 is 11.1 Å². The Morgan fingerprint density at radius 3 is 2.12 bits per heavy atom. The first kappa shape index (κ1) is 16.4. The molecule has 0 aromatic rings. The van der Waals surface area contributed by atoms with E-state index in [2.05, 4.69) is 39.9 Å². The fraction of sp³-hybridized carbons (Fsp3) is 0.929. The van der Waals surface area contributed by atoms with Gasteiger partial charge in [0.25, 0.3) is 0 Å². The van der Waals surface area contributed by atoms with Crippen molar-refractivity contribution in [3.63, 3.8) is 0 Å². The predicted molar refractivity (Wildman–Crippen MR) is 73.7 cm³/mol. The fourth-order valence-electron chi connectivity index (χ4n) is 2.15. The molecule has 0 radical (unpaired) electrons. The molecule has 0 aromatic heterocycles. The number of nitrogens with one attached hydrogen (secondary N) is 1. The summed E-state index contributed by atoms with van der Waals surface area (Å²) in [4.78, 5) is 11.8. The fourth-order valence-corrected chi connectivity index (χ4v) is 2.15. The highest BCUT2D eigenvalue weighted by atomic mass is 16.2. The van der Waals surface area contributed by atoms with Crippen LogP contribution in [0.2, 0.25) is 0 Å². The Hall–Kier alpha value is -0.570. The summed E-state index contributed by atoms with van der Waals surface area (Å²) >= 11 is 0. The van der Waals surface area contributed by atoms with Crippen molar-refractivity contribution in [2.24, 2.45) is 23.5 Å². The molecule has 0 aliphatic heterocycles. The Bertz CT molecular complexity index is 206. The number of hydrogen-bond donors (Lipinski definition) is 2. The molecule has 3 heteroatoms. The largest absolute Gasteiger partial charge is 0.354 e. The van der Waals surface area contributed by atoms with Crippen molar-refractivity contribution in [1.82, 2.24) is 5.32 Å². The quantitative estimate of drug-likeness (QED) is 0.687. The van der Waals surface area contributed by atoms with Gasteiger partial charge in [-0.25, -0.2) is 0 Å². The lowest BCUT2D eigenvalue weighted by Gasteiger charge is -2.25. The minimum atomic E-state index is -0.338. The van der Waals surface area contributed by atoms with Crippen molar-refractivity contribution in [2.45, 2.75) is 59.9 Å². The van der Waals surface area contributed by atoms with Crippen molar-refractivity contribution in [3.05, 3.63) is 0 Å². The summed E-state index contributed by atoms with van der Waals surface area (Å²) in [6, 6.07) is -0.338. The van der Waals surface area contributed by atoms with Crippen LogP contribution in [0.3, 0.4) is 0 Å². The molecule has 0 saturated heterocycles. The second-order valence-corrected chi connectivity index (χ2v) is 5.65. The van der Waals surface area contributed by atoms with Gasteiger partial charge in [0, 0.05) is 6.54 Å². The van der Waals surface area contributed by atoms with Crippen LogP contribution < -0.4 is 11.1 Å². The second-order valence-electron chi connectivity index (χ2n) is 5.65. The van der Waals surface area contributed by atoms with Crippen LogP contribution in [0.15, 0.2) is 0 Å². The zero-order chi connectivity index (χ0) is 13.4. The summed E-state index contributed by atoms with van der Waals surface area (Å²) in [5.74, 6) is 1.70. The Morgan fingerprint density at radius 2 is 1.71 bits per heavy atom. The number of unbranched alkanes of at least 4 members (excludes halogenated alkanes) is 1. The first-order valence-corrected chi connectivity index (χ1v) is 6.93. The minimum Gasteiger partial charge on any atom is -0.354 e. The maximum Gasteiger partial charge on any atom is 0.236 e. The van der Waals surface area contributed by atoms with E-state index in [1.807, 2.05) is 0 Å². The molecular formula is C14H30N2O. The molecule has 0 fully saturated rings. The summed E-state index contributed by atoms with van der Waals surface area (Å²) in [7, 11) is 0. The monoisotopic (exact) mass is 242 g/mol. The van der Waals surface area contributed by atoms with Crippen molar-refractivity contribution < 1.29 is 4.79 Å². The number of carbonyl (C=O) groups excluding carboxylic acids is 1. The van der Waals surface area contributed by atoms with E-state index in [1.165, 1.54) is 0 Å². The molecule has 1 atom stereocenters. The van der Waals surface area contributed by atoms with Crippen LogP contribution in [0.1, 0.15) is 53.9 Å². The third-order valence-electron chi connectivity index (χ3n) is 3.43. The molecule has 0 spiro atoms. The van der Waals surface area contributed by atoms with E-state index < -0.39 is 0 Å². The van der Waals surface area contributed by atoms with E-state index in [9.17, 15) is 4.79 Å². The van der Waals surface area contributed by atoms with Crippen LogP contribution >= 0.6 is 0 Å². The highest BCUT2D eigenvalue weighted by Gasteiger charge is 2.19. The molecule has 1 amide bonds. The van der Waals surface area contributed by atoms with Crippen molar-refractivity contribution >= 4 is 5.91 Å². The molecule has 0 aliphatic carbocycles. The zero-order valence-corrected chi connectivity index (χ0v) is 12.1. The van der Waals surface area contributed by atoms with E-state index in [1.54, 1.807) is 0 Å². The average Bonchev–Trinajstić information content (AvgIpc) is 2.24. The number of rotatable bonds is 8. The van der Waals surface area contributed by atoms with Gasteiger partial charge in [-0.2, -0.15) is 0 Å². The maximum atomic E-state index is 11.8. The molecule has 3 N–H and O–H groups in total. The van der Waals surface area contributed by atoms with Gasteiger partial charge in [0.15, 0.2) is 0 Å². The third-order valence-corrected chi connectivity index (χ3v) is 3.43. The molecule has 0 aliphatic rings.